The lowest BCUT2D eigenvalue weighted by molar-refractivity contribution is -0.297. The third-order valence-corrected chi connectivity index (χ3v) is 11.4. The van der Waals surface area contributed by atoms with Gasteiger partial charge in [-0.3, -0.25) is 14.1 Å². The maximum Gasteiger partial charge on any atom is 0.306 e. The molecule has 13 heteroatoms. The molecule has 0 spiro atoms. The summed E-state index contributed by atoms with van der Waals surface area (Å²) >= 11 is 0. The Morgan fingerprint density at radius 1 is 0.536 bits per heavy atom. The van der Waals surface area contributed by atoms with Crippen molar-refractivity contribution in [2.24, 2.45) is 0 Å². The molecule has 0 aromatic heterocycles. The zero-order valence-electron chi connectivity index (χ0n) is 35.3. The van der Waals surface area contributed by atoms with Crippen molar-refractivity contribution < 1.29 is 56.8 Å². The summed E-state index contributed by atoms with van der Waals surface area (Å²) in [5.41, 5.74) is 0. The van der Waals surface area contributed by atoms with Gasteiger partial charge in [0.15, 0.2) is 12.4 Å². The standard InChI is InChI=1S/C43H82O12S/c1-3-5-7-9-11-13-14-15-16-17-18-19-20-21-22-23-24-26-28-30-32-39(45)54-36(33-52-38(44)31-29-27-25-12-10-8-6-4-2)34-53-43-42(48)41(47)40(46)37(55-43)35-56(49,50)51/h36-37,40-43,46-48H,3-35H2,1-2H3,(H,49,50,51)/t36-,37-,40-,41?,42?,43+/m1/s1. The van der Waals surface area contributed by atoms with Gasteiger partial charge in [0.1, 0.15) is 36.8 Å². The van der Waals surface area contributed by atoms with E-state index in [-0.39, 0.29) is 19.4 Å². The highest BCUT2D eigenvalue weighted by Gasteiger charge is 2.46. The van der Waals surface area contributed by atoms with Gasteiger partial charge in [-0.2, -0.15) is 8.42 Å². The SMILES string of the molecule is CCCCCCCCCCCCCCCCCCCCCCC(=O)O[C@H](COC(=O)CCCCCCCCCC)CO[C@H]1O[C@H](CS(=O)(=O)O)[C@@H](O)C(O)C1O. The predicted molar refractivity (Wildman–Crippen MR) is 220 cm³/mol. The Morgan fingerprint density at radius 3 is 1.30 bits per heavy atom. The fraction of sp³-hybridized carbons (Fsp3) is 0.953. The second-order valence-electron chi connectivity index (χ2n) is 16.1. The molecule has 4 N–H and O–H groups in total. The largest absolute Gasteiger partial charge is 0.462 e. The van der Waals surface area contributed by atoms with Crippen molar-refractivity contribution in [2.75, 3.05) is 19.0 Å². The van der Waals surface area contributed by atoms with Crippen molar-refractivity contribution >= 4 is 22.1 Å². The van der Waals surface area contributed by atoms with E-state index < -0.39 is 71.2 Å². The summed E-state index contributed by atoms with van der Waals surface area (Å²) in [5.74, 6) is -1.97. The number of esters is 2. The number of rotatable bonds is 38. The molecule has 1 saturated heterocycles. The first-order valence-corrected chi connectivity index (χ1v) is 24.2. The molecule has 1 aliphatic rings. The second-order valence-corrected chi connectivity index (χ2v) is 17.6. The van der Waals surface area contributed by atoms with Gasteiger partial charge in [-0.25, -0.2) is 0 Å². The quantitative estimate of drug-likeness (QED) is 0.0264. The van der Waals surface area contributed by atoms with Gasteiger partial charge in [0, 0.05) is 12.8 Å². The van der Waals surface area contributed by atoms with Crippen LogP contribution < -0.4 is 0 Å². The van der Waals surface area contributed by atoms with E-state index in [9.17, 15) is 37.9 Å². The smallest absolute Gasteiger partial charge is 0.306 e. The van der Waals surface area contributed by atoms with Gasteiger partial charge in [0.2, 0.25) is 0 Å². The van der Waals surface area contributed by atoms with Crippen LogP contribution in [-0.4, -0.2) is 96.0 Å². The van der Waals surface area contributed by atoms with Gasteiger partial charge >= 0.3 is 11.9 Å². The molecule has 1 heterocycles. The first kappa shape index (κ1) is 52.7. The first-order chi connectivity index (χ1) is 27.0. The topological polar surface area (TPSA) is 186 Å². The molecule has 2 unspecified atom stereocenters. The summed E-state index contributed by atoms with van der Waals surface area (Å²) in [4.78, 5) is 25.3. The zero-order valence-corrected chi connectivity index (χ0v) is 36.1. The summed E-state index contributed by atoms with van der Waals surface area (Å²) in [6.45, 7) is 3.74. The lowest BCUT2D eigenvalue weighted by atomic mass is 10.00. The highest BCUT2D eigenvalue weighted by atomic mass is 32.2. The molecule has 0 radical (unpaired) electrons. The van der Waals surface area contributed by atoms with Crippen LogP contribution in [0.2, 0.25) is 0 Å². The number of ether oxygens (including phenoxy) is 4. The van der Waals surface area contributed by atoms with E-state index in [0.717, 1.165) is 38.5 Å². The van der Waals surface area contributed by atoms with E-state index in [1.54, 1.807) is 0 Å². The van der Waals surface area contributed by atoms with E-state index in [4.69, 9.17) is 18.9 Å². The van der Waals surface area contributed by atoms with Crippen LogP contribution in [-0.2, 0) is 38.7 Å². The number of carbonyl (C=O) groups excluding carboxylic acids is 2. The molecule has 1 fully saturated rings. The van der Waals surface area contributed by atoms with Gasteiger partial charge in [0.05, 0.1) is 6.61 Å². The molecule has 0 aliphatic carbocycles. The van der Waals surface area contributed by atoms with E-state index in [2.05, 4.69) is 13.8 Å². The molecule has 0 saturated carbocycles. The van der Waals surface area contributed by atoms with Crippen LogP contribution in [0.25, 0.3) is 0 Å². The maximum atomic E-state index is 12.8. The monoisotopic (exact) mass is 823 g/mol. The van der Waals surface area contributed by atoms with Crippen LogP contribution in [0.3, 0.4) is 0 Å². The Labute approximate surface area is 340 Å². The fourth-order valence-corrected chi connectivity index (χ4v) is 7.84. The van der Waals surface area contributed by atoms with Gasteiger partial charge in [-0.05, 0) is 12.8 Å². The Balaban J connectivity index is 2.36. The van der Waals surface area contributed by atoms with Gasteiger partial charge < -0.3 is 34.3 Å². The molecule has 56 heavy (non-hydrogen) atoms. The second kappa shape index (κ2) is 34.5. The normalized spacial score (nSPS) is 20.6. The minimum absolute atomic E-state index is 0.172. The van der Waals surface area contributed by atoms with E-state index in [1.165, 1.54) is 128 Å². The Morgan fingerprint density at radius 2 is 0.911 bits per heavy atom. The van der Waals surface area contributed by atoms with Gasteiger partial charge in [0.25, 0.3) is 10.1 Å². The molecule has 12 nitrogen and oxygen atoms in total. The highest BCUT2D eigenvalue weighted by Crippen LogP contribution is 2.24. The minimum Gasteiger partial charge on any atom is -0.462 e. The molecule has 0 aromatic rings. The van der Waals surface area contributed by atoms with Crippen molar-refractivity contribution in [2.45, 2.75) is 243 Å². The number of unbranched alkanes of at least 4 members (excludes halogenated alkanes) is 26. The number of carbonyl (C=O) groups is 2. The summed E-state index contributed by atoms with van der Waals surface area (Å²) in [5, 5.41) is 30.8. The van der Waals surface area contributed by atoms with Crippen molar-refractivity contribution in [3.8, 4) is 0 Å². The average Bonchev–Trinajstić information content (AvgIpc) is 3.16. The Kier molecular flexibility index (Phi) is 32.5. The molecule has 0 bridgehead atoms. The number of aliphatic hydroxyl groups excluding tert-OH is 3. The number of hydrogen-bond acceptors (Lipinski definition) is 11. The van der Waals surface area contributed by atoms with Crippen LogP contribution >= 0.6 is 0 Å². The van der Waals surface area contributed by atoms with Crippen molar-refractivity contribution in [3.63, 3.8) is 0 Å². The van der Waals surface area contributed by atoms with E-state index in [1.807, 2.05) is 0 Å². The molecule has 332 valence electrons. The Bertz CT molecular complexity index is 1060. The van der Waals surface area contributed by atoms with Crippen molar-refractivity contribution in [1.82, 2.24) is 0 Å². The number of hydrogen-bond donors (Lipinski definition) is 4. The van der Waals surface area contributed by atoms with Crippen LogP contribution in [0, 0.1) is 0 Å². The maximum absolute atomic E-state index is 12.8. The first-order valence-electron chi connectivity index (χ1n) is 22.6. The molecule has 1 rings (SSSR count). The van der Waals surface area contributed by atoms with Crippen LogP contribution in [0.4, 0.5) is 0 Å². The number of aliphatic hydroxyl groups is 3. The van der Waals surface area contributed by atoms with Crippen molar-refractivity contribution in [3.05, 3.63) is 0 Å². The lowest BCUT2D eigenvalue weighted by Crippen LogP contribution is -2.60. The minimum atomic E-state index is -4.59. The highest BCUT2D eigenvalue weighted by molar-refractivity contribution is 7.85. The molecule has 6 atom stereocenters. The lowest BCUT2D eigenvalue weighted by Gasteiger charge is -2.40. The van der Waals surface area contributed by atoms with Gasteiger partial charge in [-0.15, -0.1) is 0 Å². The van der Waals surface area contributed by atoms with Crippen LogP contribution in [0.1, 0.15) is 206 Å². The third-order valence-electron chi connectivity index (χ3n) is 10.7. The van der Waals surface area contributed by atoms with E-state index in [0.29, 0.717) is 12.8 Å². The summed E-state index contributed by atoms with van der Waals surface area (Å²) in [6, 6.07) is 0. The van der Waals surface area contributed by atoms with Crippen LogP contribution in [0.15, 0.2) is 0 Å². The molecular weight excluding hydrogens is 741 g/mol. The zero-order chi connectivity index (χ0) is 41.3. The van der Waals surface area contributed by atoms with Crippen molar-refractivity contribution in [1.29, 1.82) is 0 Å². The summed E-state index contributed by atoms with van der Waals surface area (Å²) in [6.07, 6.45) is 24.6. The molecule has 0 aromatic carbocycles. The Hall–Kier alpha value is -1.35. The third kappa shape index (κ3) is 29.0. The average molecular weight is 823 g/mol. The summed E-state index contributed by atoms with van der Waals surface area (Å²) < 4.78 is 53.9. The van der Waals surface area contributed by atoms with Gasteiger partial charge in [-0.1, -0.05) is 181 Å². The molecular formula is C43H82O12S. The molecule has 1 aliphatic heterocycles. The predicted octanol–water partition coefficient (Wildman–Crippen LogP) is 8.90. The summed E-state index contributed by atoms with van der Waals surface area (Å²) in [7, 11) is -4.59. The molecule has 0 amide bonds. The fourth-order valence-electron chi connectivity index (χ4n) is 7.15. The van der Waals surface area contributed by atoms with Crippen LogP contribution in [0.5, 0.6) is 0 Å². The van der Waals surface area contributed by atoms with E-state index >= 15 is 0 Å².